The Balaban J connectivity index is 2.59. The minimum Gasteiger partial charge on any atom is -0.497 e. The number of hydrogen-bond acceptors (Lipinski definition) is 1. The van der Waals surface area contributed by atoms with Gasteiger partial charge in [-0.2, -0.15) is 0 Å². The molecule has 0 aromatic heterocycles. The zero-order valence-corrected chi connectivity index (χ0v) is 11.8. The fourth-order valence-electron chi connectivity index (χ4n) is 1.28. The van der Waals surface area contributed by atoms with Gasteiger partial charge in [-0.15, -0.1) is 6.58 Å². The van der Waals surface area contributed by atoms with Gasteiger partial charge in [-0.05, 0) is 23.6 Å². The highest BCUT2D eigenvalue weighted by Gasteiger charge is 2.16. The average molecular weight is 234 g/mol. The van der Waals surface area contributed by atoms with Crippen LogP contribution in [0.25, 0.3) is 0 Å². The van der Waals surface area contributed by atoms with Crippen molar-refractivity contribution in [3.63, 3.8) is 0 Å². The summed E-state index contributed by atoms with van der Waals surface area (Å²) in [7, 11) is -1.35. The first kappa shape index (κ1) is 13.0. The Morgan fingerprint density at radius 2 is 1.81 bits per heavy atom. The molecule has 1 rings (SSSR count). The molecular weight excluding hydrogens is 212 g/mol. The van der Waals surface area contributed by atoms with E-state index in [4.69, 9.17) is 4.74 Å². The lowest BCUT2D eigenvalue weighted by atomic mass is 10.0. The summed E-state index contributed by atoms with van der Waals surface area (Å²) < 4.78 is 5.79. The molecule has 2 heteroatoms. The minimum absolute atomic E-state index is 0.577. The van der Waals surface area contributed by atoms with Crippen molar-refractivity contribution in [2.75, 3.05) is 6.23 Å². The van der Waals surface area contributed by atoms with Crippen molar-refractivity contribution >= 4 is 8.07 Å². The standard InChI is InChI=1S/C14H22OSi/c1-6-16(4,5)11-15-14-9-7-13(8-10-14)12(2)3/h6-10,12H,1,11H2,2-5H3. The molecule has 0 N–H and O–H groups in total. The second-order valence-electron chi connectivity index (χ2n) is 5.21. The van der Waals surface area contributed by atoms with E-state index in [0.717, 1.165) is 12.0 Å². The van der Waals surface area contributed by atoms with Crippen LogP contribution >= 0.6 is 0 Å². The van der Waals surface area contributed by atoms with Crippen molar-refractivity contribution in [2.24, 2.45) is 0 Å². The summed E-state index contributed by atoms with van der Waals surface area (Å²) in [4.78, 5) is 0. The Bertz CT molecular complexity index is 338. The van der Waals surface area contributed by atoms with Gasteiger partial charge in [0.2, 0.25) is 0 Å². The van der Waals surface area contributed by atoms with Crippen LogP contribution in [0.3, 0.4) is 0 Å². The first-order valence-corrected chi connectivity index (χ1v) is 9.09. The van der Waals surface area contributed by atoms with Crippen LogP contribution < -0.4 is 4.74 Å². The number of hydrogen-bond donors (Lipinski definition) is 0. The van der Waals surface area contributed by atoms with Crippen LogP contribution in [0.4, 0.5) is 0 Å². The third-order valence-corrected chi connectivity index (χ3v) is 4.70. The highest BCUT2D eigenvalue weighted by atomic mass is 28.3. The lowest BCUT2D eigenvalue weighted by Gasteiger charge is -2.18. The highest BCUT2D eigenvalue weighted by Crippen LogP contribution is 2.19. The first-order chi connectivity index (χ1) is 7.44. The number of rotatable bonds is 5. The largest absolute Gasteiger partial charge is 0.497 e. The van der Waals surface area contributed by atoms with E-state index in [2.05, 4.69) is 63.5 Å². The molecule has 0 bridgehead atoms. The normalized spacial score (nSPS) is 11.6. The van der Waals surface area contributed by atoms with Crippen LogP contribution in [-0.2, 0) is 0 Å². The molecule has 0 radical (unpaired) electrons. The van der Waals surface area contributed by atoms with E-state index < -0.39 is 8.07 Å². The summed E-state index contributed by atoms with van der Waals surface area (Å²) in [6.07, 6.45) is 0.803. The van der Waals surface area contributed by atoms with E-state index >= 15 is 0 Å². The molecule has 1 nitrogen and oxygen atoms in total. The van der Waals surface area contributed by atoms with Gasteiger partial charge < -0.3 is 4.74 Å². The molecule has 1 aromatic carbocycles. The molecule has 0 heterocycles. The molecule has 16 heavy (non-hydrogen) atoms. The van der Waals surface area contributed by atoms with Crippen LogP contribution in [0.2, 0.25) is 13.1 Å². The van der Waals surface area contributed by atoms with Crippen LogP contribution in [0, 0.1) is 0 Å². The Morgan fingerprint density at radius 1 is 1.25 bits per heavy atom. The average Bonchev–Trinajstić information content (AvgIpc) is 2.27. The van der Waals surface area contributed by atoms with Crippen LogP contribution in [-0.4, -0.2) is 14.3 Å². The van der Waals surface area contributed by atoms with E-state index in [0.29, 0.717) is 5.92 Å². The van der Waals surface area contributed by atoms with Crippen molar-refractivity contribution in [1.29, 1.82) is 0 Å². The summed E-state index contributed by atoms with van der Waals surface area (Å²) in [5.74, 6) is 1.54. The lowest BCUT2D eigenvalue weighted by molar-refractivity contribution is 0.379. The molecule has 88 valence electrons. The van der Waals surface area contributed by atoms with Gasteiger partial charge in [0.1, 0.15) is 13.8 Å². The maximum atomic E-state index is 5.79. The predicted octanol–water partition coefficient (Wildman–Crippen LogP) is 4.16. The van der Waals surface area contributed by atoms with E-state index in [1.807, 2.05) is 0 Å². The summed E-state index contributed by atoms with van der Waals surface area (Å²) >= 11 is 0. The SMILES string of the molecule is C=C[Si](C)(C)COc1ccc(C(C)C)cc1. The van der Waals surface area contributed by atoms with E-state index in [1.54, 1.807) is 0 Å². The summed E-state index contributed by atoms with van der Waals surface area (Å²) in [5, 5.41) is 0. The molecule has 0 aliphatic carbocycles. The molecule has 0 atom stereocenters. The maximum absolute atomic E-state index is 5.79. The molecular formula is C14H22OSi. The molecule has 0 unspecified atom stereocenters. The van der Waals surface area contributed by atoms with Gasteiger partial charge in [0.25, 0.3) is 0 Å². The van der Waals surface area contributed by atoms with Gasteiger partial charge in [-0.25, -0.2) is 0 Å². The smallest absolute Gasteiger partial charge is 0.118 e. The molecule has 0 fully saturated rings. The molecule has 0 spiro atoms. The molecule has 0 amide bonds. The Morgan fingerprint density at radius 3 is 2.25 bits per heavy atom. The Kier molecular flexibility index (Phi) is 4.36. The van der Waals surface area contributed by atoms with Crippen LogP contribution in [0.5, 0.6) is 5.75 Å². The molecule has 0 aliphatic heterocycles. The topological polar surface area (TPSA) is 9.23 Å². The fraction of sp³-hybridized carbons (Fsp3) is 0.429. The van der Waals surface area contributed by atoms with E-state index in [-0.39, 0.29) is 0 Å². The minimum atomic E-state index is -1.35. The van der Waals surface area contributed by atoms with Crippen molar-refractivity contribution in [3.8, 4) is 5.75 Å². The van der Waals surface area contributed by atoms with Crippen molar-refractivity contribution < 1.29 is 4.74 Å². The first-order valence-electron chi connectivity index (χ1n) is 5.81. The molecule has 0 saturated heterocycles. The molecule has 1 aromatic rings. The molecule has 0 saturated carbocycles. The third-order valence-electron chi connectivity index (χ3n) is 2.71. The lowest BCUT2D eigenvalue weighted by Crippen LogP contribution is -2.31. The molecule has 0 aliphatic rings. The van der Waals surface area contributed by atoms with Crippen molar-refractivity contribution in [3.05, 3.63) is 42.1 Å². The zero-order valence-electron chi connectivity index (χ0n) is 10.8. The third kappa shape index (κ3) is 3.85. The maximum Gasteiger partial charge on any atom is 0.118 e. The second-order valence-corrected chi connectivity index (χ2v) is 9.88. The van der Waals surface area contributed by atoms with Gasteiger partial charge in [0, 0.05) is 0 Å². The Labute approximate surface area is 100 Å². The van der Waals surface area contributed by atoms with E-state index in [9.17, 15) is 0 Å². The van der Waals surface area contributed by atoms with Gasteiger partial charge in [-0.1, -0.05) is 44.8 Å². The Hall–Kier alpha value is -1.02. The van der Waals surface area contributed by atoms with Crippen molar-refractivity contribution in [2.45, 2.75) is 32.9 Å². The quantitative estimate of drug-likeness (QED) is 0.695. The number of benzene rings is 1. The fourth-order valence-corrected chi connectivity index (χ4v) is 1.93. The summed E-state index contributed by atoms with van der Waals surface area (Å²) in [6, 6.07) is 8.40. The highest BCUT2D eigenvalue weighted by molar-refractivity contribution is 6.82. The monoisotopic (exact) mass is 234 g/mol. The van der Waals surface area contributed by atoms with Gasteiger partial charge >= 0.3 is 0 Å². The van der Waals surface area contributed by atoms with Gasteiger partial charge in [0.15, 0.2) is 0 Å². The van der Waals surface area contributed by atoms with Crippen molar-refractivity contribution in [1.82, 2.24) is 0 Å². The van der Waals surface area contributed by atoms with Crippen LogP contribution in [0.15, 0.2) is 36.5 Å². The second kappa shape index (κ2) is 5.35. The predicted molar refractivity (Wildman–Crippen MR) is 73.7 cm³/mol. The van der Waals surface area contributed by atoms with Gasteiger partial charge in [0.05, 0.1) is 6.23 Å². The number of ether oxygens (including phenoxy) is 1. The van der Waals surface area contributed by atoms with E-state index in [1.165, 1.54) is 5.56 Å². The van der Waals surface area contributed by atoms with Crippen LogP contribution in [0.1, 0.15) is 25.3 Å². The van der Waals surface area contributed by atoms with Gasteiger partial charge in [-0.3, -0.25) is 0 Å². The summed E-state index contributed by atoms with van der Waals surface area (Å²) in [6.45, 7) is 12.8. The summed E-state index contributed by atoms with van der Waals surface area (Å²) in [5.41, 5.74) is 3.42. The zero-order chi connectivity index (χ0) is 12.2.